The van der Waals surface area contributed by atoms with Gasteiger partial charge in [-0.3, -0.25) is 0 Å². The predicted octanol–water partition coefficient (Wildman–Crippen LogP) is 1.91. The molecule has 2 rings (SSSR count). The van der Waals surface area contributed by atoms with Crippen molar-refractivity contribution in [3.63, 3.8) is 0 Å². The van der Waals surface area contributed by atoms with Gasteiger partial charge in [0.25, 0.3) is 0 Å². The Balaban J connectivity index is 1.65. The van der Waals surface area contributed by atoms with Crippen LogP contribution in [0, 0.1) is 5.92 Å². The van der Waals surface area contributed by atoms with Gasteiger partial charge >= 0.3 is 12.2 Å². The van der Waals surface area contributed by atoms with Gasteiger partial charge in [-0.2, -0.15) is 0 Å². The molecule has 0 saturated carbocycles. The highest BCUT2D eigenvalue weighted by Gasteiger charge is 2.26. The Morgan fingerprint density at radius 1 is 1.35 bits per heavy atom. The van der Waals surface area contributed by atoms with Crippen LogP contribution in [0.15, 0.2) is 30.3 Å². The van der Waals surface area contributed by atoms with Crippen LogP contribution in [0.1, 0.15) is 12.0 Å². The van der Waals surface area contributed by atoms with E-state index in [0.717, 1.165) is 12.0 Å². The molecule has 0 aromatic heterocycles. The van der Waals surface area contributed by atoms with Gasteiger partial charge in [-0.15, -0.1) is 0 Å². The summed E-state index contributed by atoms with van der Waals surface area (Å²) in [7, 11) is 0. The summed E-state index contributed by atoms with van der Waals surface area (Å²) >= 11 is 0. The molecule has 2 N–H and O–H groups in total. The minimum Gasteiger partial charge on any atom is -0.465 e. The number of carboxylic acid groups (broad SMARTS) is 1. The molecule has 1 aromatic rings. The molecule has 1 aliphatic rings. The van der Waals surface area contributed by atoms with E-state index in [0.29, 0.717) is 19.6 Å². The Morgan fingerprint density at radius 3 is 2.75 bits per heavy atom. The number of alkyl carbamates (subject to hydrolysis) is 1. The number of ether oxygens (including phenoxy) is 1. The van der Waals surface area contributed by atoms with E-state index in [4.69, 9.17) is 9.84 Å². The quantitative estimate of drug-likeness (QED) is 0.881. The number of carbonyl (C=O) groups is 2. The van der Waals surface area contributed by atoms with Crippen LogP contribution >= 0.6 is 0 Å². The zero-order valence-corrected chi connectivity index (χ0v) is 11.1. The molecule has 1 aromatic carbocycles. The molecule has 1 heterocycles. The second-order valence-corrected chi connectivity index (χ2v) is 4.83. The number of rotatable bonds is 4. The van der Waals surface area contributed by atoms with Crippen LogP contribution in [0.3, 0.4) is 0 Å². The maximum absolute atomic E-state index is 11.5. The maximum atomic E-state index is 11.5. The normalized spacial score (nSPS) is 17.8. The van der Waals surface area contributed by atoms with Crippen LogP contribution in [-0.2, 0) is 11.3 Å². The molecule has 0 spiro atoms. The van der Waals surface area contributed by atoms with Crippen molar-refractivity contribution in [2.75, 3.05) is 19.6 Å². The van der Waals surface area contributed by atoms with Gasteiger partial charge in [0.15, 0.2) is 0 Å². The lowest BCUT2D eigenvalue weighted by Gasteiger charge is -2.13. The fourth-order valence-corrected chi connectivity index (χ4v) is 2.17. The molecule has 1 saturated heterocycles. The molecule has 2 amide bonds. The fraction of sp³-hybridized carbons (Fsp3) is 0.429. The Morgan fingerprint density at radius 2 is 2.10 bits per heavy atom. The third kappa shape index (κ3) is 4.15. The van der Waals surface area contributed by atoms with Crippen molar-refractivity contribution in [1.29, 1.82) is 0 Å². The van der Waals surface area contributed by atoms with Crippen LogP contribution in [0.2, 0.25) is 0 Å². The van der Waals surface area contributed by atoms with Gasteiger partial charge in [0.1, 0.15) is 6.61 Å². The fourth-order valence-electron chi connectivity index (χ4n) is 2.17. The van der Waals surface area contributed by atoms with Crippen LogP contribution in [0.25, 0.3) is 0 Å². The number of amides is 2. The largest absolute Gasteiger partial charge is 0.465 e. The Labute approximate surface area is 117 Å². The molecule has 0 aliphatic carbocycles. The molecule has 108 valence electrons. The maximum Gasteiger partial charge on any atom is 0.407 e. The Bertz CT molecular complexity index is 464. The van der Waals surface area contributed by atoms with Gasteiger partial charge in [0, 0.05) is 19.6 Å². The first kappa shape index (κ1) is 14.2. The number of hydrogen-bond acceptors (Lipinski definition) is 3. The summed E-state index contributed by atoms with van der Waals surface area (Å²) in [5.41, 5.74) is 0.931. The molecule has 0 radical (unpaired) electrons. The van der Waals surface area contributed by atoms with Crippen LogP contribution in [0.4, 0.5) is 9.59 Å². The van der Waals surface area contributed by atoms with Crippen molar-refractivity contribution in [3.8, 4) is 0 Å². The first-order valence-electron chi connectivity index (χ1n) is 6.57. The minimum absolute atomic E-state index is 0.162. The molecular weight excluding hydrogens is 260 g/mol. The van der Waals surface area contributed by atoms with Gasteiger partial charge in [-0.1, -0.05) is 30.3 Å². The monoisotopic (exact) mass is 278 g/mol. The summed E-state index contributed by atoms with van der Waals surface area (Å²) < 4.78 is 5.08. The topological polar surface area (TPSA) is 78.9 Å². The number of benzene rings is 1. The molecule has 1 atom stereocenters. The van der Waals surface area contributed by atoms with Crippen molar-refractivity contribution in [3.05, 3.63) is 35.9 Å². The smallest absolute Gasteiger partial charge is 0.407 e. The highest BCUT2D eigenvalue weighted by Crippen LogP contribution is 2.15. The van der Waals surface area contributed by atoms with E-state index < -0.39 is 12.2 Å². The second-order valence-electron chi connectivity index (χ2n) is 4.83. The summed E-state index contributed by atoms with van der Waals surface area (Å²) in [6, 6.07) is 9.44. The lowest BCUT2D eigenvalue weighted by Crippen LogP contribution is -2.32. The Hall–Kier alpha value is -2.24. The number of likely N-dealkylation sites (tertiary alicyclic amines) is 1. The summed E-state index contributed by atoms with van der Waals surface area (Å²) in [6.45, 7) is 1.67. The molecule has 6 nitrogen and oxygen atoms in total. The zero-order valence-electron chi connectivity index (χ0n) is 11.1. The molecule has 20 heavy (non-hydrogen) atoms. The third-order valence-electron chi connectivity index (χ3n) is 3.30. The molecule has 1 aliphatic heterocycles. The molecule has 6 heteroatoms. The van der Waals surface area contributed by atoms with Crippen LogP contribution in [-0.4, -0.2) is 41.8 Å². The van der Waals surface area contributed by atoms with Crippen molar-refractivity contribution in [1.82, 2.24) is 10.2 Å². The van der Waals surface area contributed by atoms with E-state index >= 15 is 0 Å². The van der Waals surface area contributed by atoms with Crippen molar-refractivity contribution >= 4 is 12.2 Å². The average molecular weight is 278 g/mol. The number of hydrogen-bond donors (Lipinski definition) is 2. The first-order valence-corrected chi connectivity index (χ1v) is 6.57. The van der Waals surface area contributed by atoms with Crippen molar-refractivity contribution < 1.29 is 19.4 Å². The highest BCUT2D eigenvalue weighted by atomic mass is 16.5. The zero-order chi connectivity index (χ0) is 14.4. The van der Waals surface area contributed by atoms with Crippen molar-refractivity contribution in [2.24, 2.45) is 5.92 Å². The SMILES string of the molecule is O=C(NC[C@@H]1CCN(C(=O)O)C1)OCc1ccccc1. The molecule has 1 fully saturated rings. The second kappa shape index (κ2) is 6.79. The summed E-state index contributed by atoms with van der Waals surface area (Å²) in [5, 5.41) is 11.5. The van der Waals surface area contributed by atoms with Gasteiger partial charge in [-0.25, -0.2) is 9.59 Å². The first-order chi connectivity index (χ1) is 9.65. The number of nitrogens with one attached hydrogen (secondary N) is 1. The standard InChI is InChI=1S/C14H18N2O4/c17-13(20-10-11-4-2-1-3-5-11)15-8-12-6-7-16(9-12)14(18)19/h1-5,12H,6-10H2,(H,15,17)(H,18,19)/t12-/m0/s1. The van der Waals surface area contributed by atoms with Gasteiger partial charge < -0.3 is 20.1 Å². The van der Waals surface area contributed by atoms with Crippen LogP contribution in [0.5, 0.6) is 0 Å². The predicted molar refractivity (Wildman–Crippen MR) is 72.3 cm³/mol. The van der Waals surface area contributed by atoms with E-state index in [9.17, 15) is 9.59 Å². The van der Waals surface area contributed by atoms with E-state index in [1.807, 2.05) is 30.3 Å². The van der Waals surface area contributed by atoms with Gasteiger partial charge in [0.05, 0.1) is 0 Å². The number of nitrogens with zero attached hydrogens (tertiary/aromatic N) is 1. The van der Waals surface area contributed by atoms with E-state index in [1.165, 1.54) is 4.90 Å². The van der Waals surface area contributed by atoms with E-state index in [2.05, 4.69) is 5.32 Å². The van der Waals surface area contributed by atoms with Gasteiger partial charge in [-0.05, 0) is 17.9 Å². The number of carbonyl (C=O) groups excluding carboxylic acids is 1. The van der Waals surface area contributed by atoms with Crippen molar-refractivity contribution in [2.45, 2.75) is 13.0 Å². The summed E-state index contributed by atoms with van der Waals surface area (Å²) in [5.74, 6) is 0.162. The van der Waals surface area contributed by atoms with Gasteiger partial charge in [0.2, 0.25) is 0 Å². The minimum atomic E-state index is -0.904. The van der Waals surface area contributed by atoms with E-state index in [-0.39, 0.29) is 12.5 Å². The lowest BCUT2D eigenvalue weighted by atomic mass is 10.1. The summed E-state index contributed by atoms with van der Waals surface area (Å²) in [6.07, 6.45) is -0.604. The molecule has 0 unspecified atom stereocenters. The lowest BCUT2D eigenvalue weighted by molar-refractivity contribution is 0.137. The third-order valence-corrected chi connectivity index (χ3v) is 3.30. The summed E-state index contributed by atoms with van der Waals surface area (Å²) in [4.78, 5) is 23.6. The molecule has 0 bridgehead atoms. The Kier molecular flexibility index (Phi) is 4.81. The van der Waals surface area contributed by atoms with Crippen LogP contribution < -0.4 is 5.32 Å². The molecular formula is C14H18N2O4. The van der Waals surface area contributed by atoms with E-state index in [1.54, 1.807) is 0 Å². The highest BCUT2D eigenvalue weighted by molar-refractivity contribution is 5.67. The average Bonchev–Trinajstić information content (AvgIpc) is 2.93.